The summed E-state index contributed by atoms with van der Waals surface area (Å²) in [6.07, 6.45) is 8.80. The van der Waals surface area contributed by atoms with Gasteiger partial charge >= 0.3 is 23.2 Å². The molecule has 0 spiro atoms. The van der Waals surface area contributed by atoms with Crippen LogP contribution >= 0.6 is 23.2 Å². The van der Waals surface area contributed by atoms with E-state index in [1.54, 1.807) is 0 Å². The van der Waals surface area contributed by atoms with Gasteiger partial charge in [0.1, 0.15) is 0 Å². The zero-order chi connectivity index (χ0) is 32.1. The van der Waals surface area contributed by atoms with Crippen LogP contribution in [-0.2, 0) is 40.8 Å². The minimum Gasteiger partial charge on any atom is -0.296 e. The van der Waals surface area contributed by atoms with E-state index in [0.717, 1.165) is 84.2 Å². The second-order valence-electron chi connectivity index (χ2n) is 14.9. The molecule has 258 valence electrons. The van der Waals surface area contributed by atoms with Crippen LogP contribution in [0.2, 0.25) is 0 Å². The molecule has 0 aliphatic carbocycles. The Morgan fingerprint density at radius 2 is 0.705 bits per heavy atom. The van der Waals surface area contributed by atoms with Crippen LogP contribution in [0, 0.1) is 16.2 Å². The first kappa shape index (κ1) is 37.2. The van der Waals surface area contributed by atoms with Crippen molar-refractivity contribution in [3.05, 3.63) is 0 Å². The lowest BCUT2D eigenvalue weighted by Crippen LogP contribution is -2.36. The highest BCUT2D eigenvalue weighted by Crippen LogP contribution is 2.59. The zero-order valence-electron chi connectivity index (χ0n) is 28.0. The van der Waals surface area contributed by atoms with Gasteiger partial charge < -0.3 is 0 Å². The van der Waals surface area contributed by atoms with Crippen LogP contribution < -0.4 is 0 Å². The van der Waals surface area contributed by atoms with Crippen molar-refractivity contribution in [2.75, 3.05) is 78.9 Å². The fraction of sp³-hybridized carbons (Fsp3) is 1.00. The van der Waals surface area contributed by atoms with E-state index in [9.17, 15) is 13.7 Å². The summed E-state index contributed by atoms with van der Waals surface area (Å²) >= 11 is 0. The molecule has 0 unspecified atom stereocenters. The van der Waals surface area contributed by atoms with Gasteiger partial charge in [-0.1, -0.05) is 48.0 Å². The Hall–Kier alpha value is 0.330. The van der Waals surface area contributed by atoms with Crippen LogP contribution in [0.4, 0.5) is 0 Å². The summed E-state index contributed by atoms with van der Waals surface area (Å²) < 4.78 is 75.4. The van der Waals surface area contributed by atoms with Crippen LogP contribution in [0.25, 0.3) is 0 Å². The quantitative estimate of drug-likeness (QED) is 0.272. The summed E-state index contributed by atoms with van der Waals surface area (Å²) in [5, 5.41) is 0. The molecule has 0 aromatic carbocycles. The normalized spacial score (nSPS) is 35.6. The van der Waals surface area contributed by atoms with Crippen molar-refractivity contribution in [2.24, 2.45) is 16.2 Å². The average molecular weight is 686 g/mol. The molecule has 6 rings (SSSR count). The van der Waals surface area contributed by atoms with Crippen LogP contribution in [0.3, 0.4) is 0 Å². The third-order valence-electron chi connectivity index (χ3n) is 9.02. The Balaban J connectivity index is 0.000000151. The standard InChI is InChI=1S/2C10H20NO3P.C9H18NO3P/c1-10(2)8-13-15(12,14-9-10)11-6-4-3-5-7-11;1-3-10(2)8-13-15(12,14-9-10)11-6-4-5-7-11;1-9(2)7-12-14(11,13-8-9)10-5-3-4-6-10/h2*3-9H2,1-2H3;3-8H2,1-2H3. The summed E-state index contributed by atoms with van der Waals surface area (Å²) in [5.41, 5.74) is 0.0188. The molecule has 0 aromatic rings. The number of nitrogens with zero attached hydrogens (tertiary/aromatic N) is 3. The lowest BCUT2D eigenvalue weighted by Gasteiger charge is -2.39. The maximum atomic E-state index is 12.4. The van der Waals surface area contributed by atoms with E-state index >= 15 is 0 Å². The second-order valence-corrected chi connectivity index (χ2v) is 20.9. The molecule has 0 bridgehead atoms. The van der Waals surface area contributed by atoms with Gasteiger partial charge in [0.25, 0.3) is 0 Å². The molecule has 6 fully saturated rings. The molecule has 44 heavy (non-hydrogen) atoms. The highest BCUT2D eigenvalue weighted by Gasteiger charge is 2.45. The van der Waals surface area contributed by atoms with E-state index in [1.807, 2.05) is 14.0 Å². The molecular weight excluding hydrogens is 627 g/mol. The molecule has 0 saturated carbocycles. The molecule has 0 radical (unpaired) electrons. The summed E-state index contributed by atoms with van der Waals surface area (Å²) in [6, 6.07) is 0. The van der Waals surface area contributed by atoms with Gasteiger partial charge in [-0.25, -0.2) is 27.7 Å². The van der Waals surface area contributed by atoms with Crippen molar-refractivity contribution in [2.45, 2.75) is 92.9 Å². The summed E-state index contributed by atoms with van der Waals surface area (Å²) in [5.74, 6) is 0. The van der Waals surface area contributed by atoms with E-state index in [0.29, 0.717) is 39.6 Å². The van der Waals surface area contributed by atoms with Gasteiger partial charge in [0.15, 0.2) is 0 Å². The van der Waals surface area contributed by atoms with Crippen LogP contribution in [0.1, 0.15) is 92.9 Å². The maximum absolute atomic E-state index is 12.4. The van der Waals surface area contributed by atoms with Gasteiger partial charge in [0.2, 0.25) is 0 Å². The largest absolute Gasteiger partial charge is 0.408 e. The van der Waals surface area contributed by atoms with Crippen molar-refractivity contribution in [3.63, 3.8) is 0 Å². The second kappa shape index (κ2) is 15.3. The highest BCUT2D eigenvalue weighted by molar-refractivity contribution is 7.51. The minimum absolute atomic E-state index is 0.00632. The molecular formula is C29H58N3O9P3. The van der Waals surface area contributed by atoms with Gasteiger partial charge in [0, 0.05) is 55.5 Å². The van der Waals surface area contributed by atoms with Crippen molar-refractivity contribution < 1.29 is 40.8 Å². The van der Waals surface area contributed by atoms with Gasteiger partial charge in [-0.15, -0.1) is 0 Å². The fourth-order valence-corrected chi connectivity index (χ4v) is 12.0. The van der Waals surface area contributed by atoms with E-state index in [2.05, 4.69) is 41.5 Å². The van der Waals surface area contributed by atoms with Gasteiger partial charge in [-0.05, 0) is 44.9 Å². The topological polar surface area (TPSA) is 116 Å². The van der Waals surface area contributed by atoms with E-state index in [-0.39, 0.29) is 16.2 Å². The number of hydrogen-bond donors (Lipinski definition) is 0. The fourth-order valence-electron chi connectivity index (χ4n) is 5.44. The molecule has 0 amide bonds. The van der Waals surface area contributed by atoms with Crippen LogP contribution in [0.5, 0.6) is 0 Å². The third kappa shape index (κ3) is 9.93. The Labute approximate surface area is 265 Å². The first-order valence-corrected chi connectivity index (χ1v) is 21.0. The molecule has 6 aliphatic heterocycles. The number of rotatable bonds is 4. The van der Waals surface area contributed by atoms with Gasteiger partial charge in [0.05, 0.1) is 39.6 Å². The molecule has 15 heteroatoms. The summed E-state index contributed by atoms with van der Waals surface area (Å²) in [6.45, 7) is 20.8. The van der Waals surface area contributed by atoms with Crippen molar-refractivity contribution in [1.29, 1.82) is 0 Å². The highest BCUT2D eigenvalue weighted by atomic mass is 31.2. The first-order chi connectivity index (χ1) is 20.6. The lowest BCUT2D eigenvalue weighted by molar-refractivity contribution is 0.0106. The number of piperidine rings is 1. The van der Waals surface area contributed by atoms with Crippen molar-refractivity contribution in [1.82, 2.24) is 14.0 Å². The van der Waals surface area contributed by atoms with Crippen molar-refractivity contribution >= 4 is 23.2 Å². The third-order valence-corrected chi connectivity index (χ3v) is 15.0. The van der Waals surface area contributed by atoms with Crippen LogP contribution in [-0.4, -0.2) is 92.9 Å². The van der Waals surface area contributed by atoms with Gasteiger partial charge in [-0.3, -0.25) is 27.1 Å². The summed E-state index contributed by atoms with van der Waals surface area (Å²) in [7, 11) is -8.76. The Bertz CT molecular complexity index is 1030. The zero-order valence-corrected chi connectivity index (χ0v) is 30.7. The number of hydrogen-bond acceptors (Lipinski definition) is 9. The average Bonchev–Trinajstić information content (AvgIpc) is 3.76. The van der Waals surface area contributed by atoms with E-state index < -0.39 is 23.2 Å². The monoisotopic (exact) mass is 685 g/mol. The van der Waals surface area contributed by atoms with Crippen molar-refractivity contribution in [3.8, 4) is 0 Å². The molecule has 6 saturated heterocycles. The molecule has 12 nitrogen and oxygen atoms in total. The predicted octanol–water partition coefficient (Wildman–Crippen LogP) is 7.57. The van der Waals surface area contributed by atoms with Crippen LogP contribution in [0.15, 0.2) is 0 Å². The smallest absolute Gasteiger partial charge is 0.296 e. The Kier molecular flexibility index (Phi) is 12.9. The predicted molar refractivity (Wildman–Crippen MR) is 172 cm³/mol. The maximum Gasteiger partial charge on any atom is 0.408 e. The van der Waals surface area contributed by atoms with E-state index in [1.165, 1.54) is 6.42 Å². The molecule has 0 N–H and O–H groups in total. The first-order valence-electron chi connectivity index (χ1n) is 16.6. The van der Waals surface area contributed by atoms with Gasteiger partial charge in [-0.2, -0.15) is 0 Å². The summed E-state index contributed by atoms with van der Waals surface area (Å²) in [4.78, 5) is 0. The van der Waals surface area contributed by atoms with E-state index in [4.69, 9.17) is 27.1 Å². The molecule has 6 heterocycles. The molecule has 0 aromatic heterocycles. The lowest BCUT2D eigenvalue weighted by atomic mass is 9.90. The Morgan fingerprint density at radius 1 is 0.455 bits per heavy atom. The Morgan fingerprint density at radius 3 is 0.977 bits per heavy atom. The molecule has 0 atom stereocenters. The minimum atomic E-state index is -2.94. The SMILES string of the molecule is CC1(C)COP(=O)(N2CCCC2)OC1.CC1(C)COP(=O)(N2CCCCC2)OC1.CCC1(C)COP(=O)(N2CCCC2)OC1. The molecule has 6 aliphatic rings.